The van der Waals surface area contributed by atoms with Crippen molar-refractivity contribution in [2.24, 2.45) is 40.9 Å². The Morgan fingerprint density at radius 2 is 1.70 bits per heavy atom. The molecule has 1 aromatic rings. The molecule has 0 radical (unpaired) electrons. The molecule has 166 valence electrons. The van der Waals surface area contributed by atoms with Gasteiger partial charge in [0.1, 0.15) is 0 Å². The molecule has 2 N–H and O–H groups in total. The first-order valence-electron chi connectivity index (χ1n) is 12.9. The molecule has 4 aliphatic carbocycles. The third kappa shape index (κ3) is 3.66. The molecule has 0 spiro atoms. The molecule has 0 unspecified atom stereocenters. The Morgan fingerprint density at radius 3 is 2.50 bits per heavy atom. The van der Waals surface area contributed by atoms with Gasteiger partial charge >= 0.3 is 0 Å². The minimum absolute atomic E-state index is 0.393. The van der Waals surface area contributed by atoms with Crippen LogP contribution in [0.3, 0.4) is 0 Å². The zero-order chi connectivity index (χ0) is 20.9. The van der Waals surface area contributed by atoms with Crippen LogP contribution in [0.5, 0.6) is 0 Å². The van der Waals surface area contributed by atoms with Gasteiger partial charge in [0.05, 0.1) is 5.60 Å². The Bertz CT molecular complexity index is 729. The van der Waals surface area contributed by atoms with Crippen molar-refractivity contribution in [3.63, 3.8) is 0 Å². The lowest BCUT2D eigenvalue weighted by atomic mass is 9.49. The Kier molecular flexibility index (Phi) is 5.55. The molecule has 0 saturated heterocycles. The summed E-state index contributed by atoms with van der Waals surface area (Å²) in [6.45, 7) is 8.19. The lowest BCUT2D eigenvalue weighted by Gasteiger charge is -2.57. The van der Waals surface area contributed by atoms with Crippen molar-refractivity contribution in [1.82, 2.24) is 5.32 Å². The topological polar surface area (TPSA) is 32.3 Å². The van der Waals surface area contributed by atoms with E-state index in [-0.39, 0.29) is 0 Å². The first-order chi connectivity index (χ1) is 14.4. The number of benzene rings is 1. The Hall–Kier alpha value is -0.860. The van der Waals surface area contributed by atoms with Crippen LogP contribution in [0.2, 0.25) is 0 Å². The van der Waals surface area contributed by atoms with Crippen LogP contribution in [-0.4, -0.2) is 16.7 Å². The van der Waals surface area contributed by atoms with Gasteiger partial charge < -0.3 is 10.4 Å². The van der Waals surface area contributed by atoms with E-state index < -0.39 is 5.60 Å². The number of hydrogen-bond donors (Lipinski definition) is 2. The summed E-state index contributed by atoms with van der Waals surface area (Å²) < 4.78 is 0. The van der Waals surface area contributed by atoms with E-state index in [4.69, 9.17) is 0 Å². The molecule has 0 amide bonds. The summed E-state index contributed by atoms with van der Waals surface area (Å²) in [5.74, 6) is 5.36. The van der Waals surface area contributed by atoms with Crippen LogP contribution in [0, 0.1) is 40.9 Å². The van der Waals surface area contributed by atoms with Gasteiger partial charge in [-0.3, -0.25) is 0 Å². The van der Waals surface area contributed by atoms with Crippen LogP contribution >= 0.6 is 0 Å². The monoisotopic (exact) mass is 409 g/mol. The van der Waals surface area contributed by atoms with E-state index >= 15 is 0 Å². The summed E-state index contributed by atoms with van der Waals surface area (Å²) >= 11 is 0. The van der Waals surface area contributed by atoms with Gasteiger partial charge in [0.15, 0.2) is 0 Å². The highest BCUT2D eigenvalue weighted by atomic mass is 16.3. The van der Waals surface area contributed by atoms with Crippen molar-refractivity contribution in [3.8, 4) is 0 Å². The fourth-order valence-corrected chi connectivity index (χ4v) is 8.96. The molecule has 4 aliphatic rings. The molecule has 0 aromatic heterocycles. The maximum Gasteiger partial charge on any atom is 0.0622 e. The standard InChI is InChI=1S/C28H43NO/c1-19(29-18-20-7-5-4-6-8-20)25-11-12-26-24-10-9-21-17-27(2,30)15-13-22(21)23(24)14-16-28(25,26)3/h4-8,19,21-26,29-30H,9-18H2,1-3H3/t19-,21+,22-,23+,24+,25+,26-,27+,28+/m0/s1. The smallest absolute Gasteiger partial charge is 0.0622 e. The molecule has 5 rings (SSSR count). The molecule has 30 heavy (non-hydrogen) atoms. The largest absolute Gasteiger partial charge is 0.390 e. The van der Waals surface area contributed by atoms with Crippen LogP contribution in [-0.2, 0) is 6.54 Å². The highest BCUT2D eigenvalue weighted by molar-refractivity contribution is 5.15. The molecule has 0 aliphatic heterocycles. The van der Waals surface area contributed by atoms with E-state index in [1.165, 1.54) is 50.5 Å². The third-order valence-electron chi connectivity index (χ3n) is 10.4. The number of hydrogen-bond acceptors (Lipinski definition) is 2. The lowest BCUT2D eigenvalue weighted by Crippen LogP contribution is -2.52. The average Bonchev–Trinajstić information content (AvgIpc) is 3.09. The Morgan fingerprint density at radius 1 is 0.933 bits per heavy atom. The van der Waals surface area contributed by atoms with Crippen LogP contribution < -0.4 is 5.32 Å². The second-order valence-corrected chi connectivity index (χ2v) is 12.1. The van der Waals surface area contributed by atoms with Gasteiger partial charge in [0.25, 0.3) is 0 Å². The summed E-state index contributed by atoms with van der Waals surface area (Å²) in [5.41, 5.74) is 1.53. The Labute approximate surface area is 184 Å². The maximum atomic E-state index is 10.6. The minimum Gasteiger partial charge on any atom is -0.390 e. The predicted molar refractivity (Wildman–Crippen MR) is 124 cm³/mol. The molecular weight excluding hydrogens is 366 g/mol. The number of rotatable bonds is 4. The van der Waals surface area contributed by atoms with Gasteiger partial charge in [-0.05, 0) is 118 Å². The van der Waals surface area contributed by atoms with Gasteiger partial charge in [-0.1, -0.05) is 37.3 Å². The summed E-state index contributed by atoms with van der Waals surface area (Å²) in [7, 11) is 0. The summed E-state index contributed by atoms with van der Waals surface area (Å²) in [5, 5.41) is 14.5. The van der Waals surface area contributed by atoms with Crippen LogP contribution in [0.15, 0.2) is 30.3 Å². The van der Waals surface area contributed by atoms with Gasteiger partial charge in [-0.15, -0.1) is 0 Å². The van der Waals surface area contributed by atoms with Gasteiger partial charge in [-0.2, -0.15) is 0 Å². The third-order valence-corrected chi connectivity index (χ3v) is 10.4. The average molecular weight is 410 g/mol. The second-order valence-electron chi connectivity index (χ2n) is 12.1. The fraction of sp³-hybridized carbons (Fsp3) is 0.786. The van der Waals surface area contributed by atoms with Gasteiger partial charge in [0, 0.05) is 12.6 Å². The lowest BCUT2D eigenvalue weighted by molar-refractivity contribution is -0.101. The molecular formula is C28H43NO. The highest BCUT2D eigenvalue weighted by Crippen LogP contribution is 2.65. The van der Waals surface area contributed by atoms with Gasteiger partial charge in [-0.25, -0.2) is 0 Å². The first-order valence-corrected chi connectivity index (χ1v) is 12.9. The van der Waals surface area contributed by atoms with E-state index in [2.05, 4.69) is 56.4 Å². The van der Waals surface area contributed by atoms with E-state index in [0.717, 1.165) is 54.9 Å². The SMILES string of the molecule is C[C@H](NCc1ccccc1)[C@H]1CC[C@H]2[C@@H]3CC[C@@H]4C[C@](C)(O)CC[C@@H]4[C@H]3CC[C@]12C. The van der Waals surface area contributed by atoms with Crippen molar-refractivity contribution in [1.29, 1.82) is 0 Å². The van der Waals surface area contributed by atoms with E-state index in [0.29, 0.717) is 11.5 Å². The normalized spacial score (nSPS) is 46.5. The van der Waals surface area contributed by atoms with E-state index in [9.17, 15) is 5.11 Å². The zero-order valence-corrected chi connectivity index (χ0v) is 19.4. The van der Waals surface area contributed by atoms with Gasteiger partial charge in [0.2, 0.25) is 0 Å². The summed E-state index contributed by atoms with van der Waals surface area (Å²) in [4.78, 5) is 0. The first kappa shape index (κ1) is 21.0. The summed E-state index contributed by atoms with van der Waals surface area (Å²) in [6, 6.07) is 11.5. The minimum atomic E-state index is -0.393. The zero-order valence-electron chi connectivity index (χ0n) is 19.4. The molecule has 0 bridgehead atoms. The summed E-state index contributed by atoms with van der Waals surface area (Å²) in [6.07, 6.45) is 11.9. The maximum absolute atomic E-state index is 10.6. The predicted octanol–water partition coefficient (Wildman–Crippen LogP) is 6.18. The molecule has 4 saturated carbocycles. The van der Waals surface area contributed by atoms with Crippen LogP contribution in [0.1, 0.15) is 84.1 Å². The Balaban J connectivity index is 1.26. The number of aliphatic hydroxyl groups is 1. The fourth-order valence-electron chi connectivity index (χ4n) is 8.96. The molecule has 2 nitrogen and oxygen atoms in total. The number of fused-ring (bicyclic) bond motifs is 5. The molecule has 1 aromatic carbocycles. The van der Waals surface area contributed by atoms with E-state index in [1.807, 2.05) is 0 Å². The molecule has 2 heteroatoms. The van der Waals surface area contributed by atoms with Crippen molar-refractivity contribution in [2.45, 2.75) is 96.7 Å². The van der Waals surface area contributed by atoms with E-state index in [1.54, 1.807) is 0 Å². The quantitative estimate of drug-likeness (QED) is 0.622. The van der Waals surface area contributed by atoms with Crippen LogP contribution in [0.25, 0.3) is 0 Å². The molecule has 9 atom stereocenters. The van der Waals surface area contributed by atoms with Crippen molar-refractivity contribution >= 4 is 0 Å². The van der Waals surface area contributed by atoms with Crippen molar-refractivity contribution < 1.29 is 5.11 Å². The highest BCUT2D eigenvalue weighted by Gasteiger charge is 2.58. The van der Waals surface area contributed by atoms with Crippen LogP contribution in [0.4, 0.5) is 0 Å². The molecule has 4 fully saturated rings. The van der Waals surface area contributed by atoms with Crippen molar-refractivity contribution in [2.75, 3.05) is 0 Å². The molecule has 0 heterocycles. The second kappa shape index (κ2) is 7.93. The number of nitrogens with one attached hydrogen (secondary N) is 1. The van der Waals surface area contributed by atoms with Crippen molar-refractivity contribution in [3.05, 3.63) is 35.9 Å².